The molecule has 1 saturated carbocycles. The molecule has 112 valence electrons. The van der Waals surface area contributed by atoms with Gasteiger partial charge in [0.25, 0.3) is 0 Å². The first kappa shape index (κ1) is 15.6. The highest BCUT2D eigenvalue weighted by Crippen LogP contribution is 2.32. The number of hydrogen-bond donors (Lipinski definition) is 3. The lowest BCUT2D eigenvalue weighted by Crippen LogP contribution is -2.41. The van der Waals surface area contributed by atoms with Crippen LogP contribution in [0.1, 0.15) is 37.7 Å². The SMILES string of the molecule is COc1cc(CNCC2(O)CCCCC2)c(Br)cc1O. The van der Waals surface area contributed by atoms with Gasteiger partial charge < -0.3 is 20.3 Å². The lowest BCUT2D eigenvalue weighted by molar-refractivity contribution is 0.00466. The van der Waals surface area contributed by atoms with Crippen LogP contribution in [0.2, 0.25) is 0 Å². The topological polar surface area (TPSA) is 61.7 Å². The summed E-state index contributed by atoms with van der Waals surface area (Å²) >= 11 is 3.43. The smallest absolute Gasteiger partial charge is 0.160 e. The summed E-state index contributed by atoms with van der Waals surface area (Å²) in [5.41, 5.74) is 0.435. The molecule has 2 rings (SSSR count). The zero-order valence-electron chi connectivity index (χ0n) is 11.8. The fraction of sp³-hybridized carbons (Fsp3) is 0.600. The van der Waals surface area contributed by atoms with Gasteiger partial charge in [-0.15, -0.1) is 0 Å². The number of benzene rings is 1. The maximum absolute atomic E-state index is 10.4. The van der Waals surface area contributed by atoms with Crippen LogP contribution >= 0.6 is 15.9 Å². The van der Waals surface area contributed by atoms with Crippen molar-refractivity contribution in [3.63, 3.8) is 0 Å². The van der Waals surface area contributed by atoms with E-state index in [0.717, 1.165) is 35.7 Å². The van der Waals surface area contributed by atoms with Crippen LogP contribution in [0.4, 0.5) is 0 Å². The van der Waals surface area contributed by atoms with Crippen molar-refractivity contribution < 1.29 is 14.9 Å². The summed E-state index contributed by atoms with van der Waals surface area (Å²) < 4.78 is 5.94. The number of methoxy groups -OCH3 is 1. The second-order valence-corrected chi connectivity index (χ2v) is 6.36. The second kappa shape index (κ2) is 6.78. The molecule has 1 aromatic rings. The third-order valence-corrected chi connectivity index (χ3v) is 4.64. The van der Waals surface area contributed by atoms with E-state index in [-0.39, 0.29) is 5.75 Å². The fourth-order valence-corrected chi connectivity index (χ4v) is 3.17. The molecule has 5 heteroatoms. The van der Waals surface area contributed by atoms with Gasteiger partial charge in [-0.05, 0) is 30.5 Å². The summed E-state index contributed by atoms with van der Waals surface area (Å²) in [5, 5.41) is 23.4. The molecular weight excluding hydrogens is 322 g/mol. The van der Waals surface area contributed by atoms with Crippen LogP contribution in [-0.4, -0.2) is 29.5 Å². The Balaban J connectivity index is 1.93. The number of phenols is 1. The van der Waals surface area contributed by atoms with Crippen LogP contribution in [-0.2, 0) is 6.54 Å². The van der Waals surface area contributed by atoms with Crippen molar-refractivity contribution in [2.24, 2.45) is 0 Å². The van der Waals surface area contributed by atoms with E-state index in [0.29, 0.717) is 18.8 Å². The van der Waals surface area contributed by atoms with Gasteiger partial charge in [-0.1, -0.05) is 35.2 Å². The molecule has 4 nitrogen and oxygen atoms in total. The quantitative estimate of drug-likeness (QED) is 0.769. The standard InChI is InChI=1S/C15H22BrNO3/c1-20-14-7-11(12(16)8-13(14)18)9-17-10-15(19)5-3-2-4-6-15/h7-8,17-19H,2-6,9-10H2,1H3. The Morgan fingerprint density at radius 1 is 1.30 bits per heavy atom. The highest BCUT2D eigenvalue weighted by Gasteiger charge is 2.28. The van der Waals surface area contributed by atoms with Gasteiger partial charge >= 0.3 is 0 Å². The Morgan fingerprint density at radius 3 is 2.65 bits per heavy atom. The normalized spacial score (nSPS) is 17.9. The van der Waals surface area contributed by atoms with Crippen LogP contribution in [0.25, 0.3) is 0 Å². The first-order chi connectivity index (χ1) is 9.54. The third-order valence-electron chi connectivity index (χ3n) is 3.90. The van der Waals surface area contributed by atoms with Crippen molar-refractivity contribution in [1.29, 1.82) is 0 Å². The average molecular weight is 344 g/mol. The Kier molecular flexibility index (Phi) is 5.29. The Hall–Kier alpha value is -0.780. The molecule has 1 aliphatic rings. The molecule has 20 heavy (non-hydrogen) atoms. The zero-order chi connectivity index (χ0) is 14.6. The molecular formula is C15H22BrNO3. The number of rotatable bonds is 5. The molecule has 0 saturated heterocycles. The van der Waals surface area contributed by atoms with Crippen molar-refractivity contribution in [2.75, 3.05) is 13.7 Å². The highest BCUT2D eigenvalue weighted by molar-refractivity contribution is 9.10. The van der Waals surface area contributed by atoms with Gasteiger partial charge in [0.1, 0.15) is 0 Å². The molecule has 0 amide bonds. The van der Waals surface area contributed by atoms with Crippen LogP contribution in [0, 0.1) is 0 Å². The van der Waals surface area contributed by atoms with E-state index in [4.69, 9.17) is 4.74 Å². The van der Waals surface area contributed by atoms with Crippen LogP contribution in [0.3, 0.4) is 0 Å². The van der Waals surface area contributed by atoms with Gasteiger partial charge in [0.2, 0.25) is 0 Å². The van der Waals surface area contributed by atoms with E-state index >= 15 is 0 Å². The number of nitrogens with one attached hydrogen (secondary N) is 1. The maximum atomic E-state index is 10.4. The summed E-state index contributed by atoms with van der Waals surface area (Å²) in [5.74, 6) is 0.579. The summed E-state index contributed by atoms with van der Waals surface area (Å²) in [6.07, 6.45) is 5.19. The number of aliphatic hydroxyl groups is 1. The summed E-state index contributed by atoms with van der Waals surface area (Å²) in [6, 6.07) is 3.43. The lowest BCUT2D eigenvalue weighted by Gasteiger charge is -2.32. The fourth-order valence-electron chi connectivity index (χ4n) is 2.70. The zero-order valence-corrected chi connectivity index (χ0v) is 13.4. The number of ether oxygens (including phenoxy) is 1. The Labute approximate surface area is 128 Å². The van der Waals surface area contributed by atoms with E-state index in [1.54, 1.807) is 12.1 Å². The molecule has 1 aromatic carbocycles. The third kappa shape index (κ3) is 3.87. The van der Waals surface area contributed by atoms with Gasteiger partial charge in [-0.25, -0.2) is 0 Å². The van der Waals surface area contributed by atoms with E-state index < -0.39 is 5.60 Å². The van der Waals surface area contributed by atoms with Gasteiger partial charge in [-0.2, -0.15) is 0 Å². The first-order valence-electron chi connectivity index (χ1n) is 7.02. The molecule has 0 heterocycles. The second-order valence-electron chi connectivity index (χ2n) is 5.50. The first-order valence-corrected chi connectivity index (χ1v) is 7.82. The van der Waals surface area contributed by atoms with Crippen molar-refractivity contribution in [3.05, 3.63) is 22.2 Å². The molecule has 0 unspecified atom stereocenters. The van der Waals surface area contributed by atoms with E-state index in [9.17, 15) is 10.2 Å². The summed E-state index contributed by atoms with van der Waals surface area (Å²) in [6.45, 7) is 1.22. The van der Waals surface area contributed by atoms with Gasteiger partial charge in [0, 0.05) is 17.6 Å². The number of halogens is 1. The Morgan fingerprint density at radius 2 is 2.00 bits per heavy atom. The van der Waals surface area contributed by atoms with Gasteiger partial charge in [-0.3, -0.25) is 0 Å². The molecule has 0 bridgehead atoms. The molecule has 0 atom stereocenters. The molecule has 0 aliphatic heterocycles. The summed E-state index contributed by atoms with van der Waals surface area (Å²) in [7, 11) is 1.53. The average Bonchev–Trinajstić information content (AvgIpc) is 2.42. The van der Waals surface area contributed by atoms with E-state index in [2.05, 4.69) is 21.2 Å². The van der Waals surface area contributed by atoms with Crippen molar-refractivity contribution in [3.8, 4) is 11.5 Å². The van der Waals surface area contributed by atoms with Crippen LogP contribution < -0.4 is 10.1 Å². The van der Waals surface area contributed by atoms with Crippen LogP contribution in [0.15, 0.2) is 16.6 Å². The van der Waals surface area contributed by atoms with Crippen molar-refractivity contribution in [1.82, 2.24) is 5.32 Å². The molecule has 1 aliphatic carbocycles. The molecule has 3 N–H and O–H groups in total. The van der Waals surface area contributed by atoms with E-state index in [1.165, 1.54) is 13.5 Å². The van der Waals surface area contributed by atoms with Crippen LogP contribution in [0.5, 0.6) is 11.5 Å². The molecule has 1 fully saturated rings. The van der Waals surface area contributed by atoms with Gasteiger partial charge in [0.15, 0.2) is 11.5 Å². The predicted molar refractivity (Wildman–Crippen MR) is 82.1 cm³/mol. The lowest BCUT2D eigenvalue weighted by atomic mass is 9.85. The van der Waals surface area contributed by atoms with Crippen molar-refractivity contribution in [2.45, 2.75) is 44.2 Å². The van der Waals surface area contributed by atoms with Gasteiger partial charge in [0.05, 0.1) is 12.7 Å². The minimum Gasteiger partial charge on any atom is -0.504 e. The monoisotopic (exact) mass is 343 g/mol. The number of phenolic OH excluding ortho intramolecular Hbond substituents is 1. The highest BCUT2D eigenvalue weighted by atomic mass is 79.9. The number of hydrogen-bond acceptors (Lipinski definition) is 4. The summed E-state index contributed by atoms with van der Waals surface area (Å²) in [4.78, 5) is 0. The molecule has 0 aromatic heterocycles. The van der Waals surface area contributed by atoms with E-state index in [1.807, 2.05) is 0 Å². The predicted octanol–water partition coefficient (Wildman–Crippen LogP) is 2.95. The number of aromatic hydroxyl groups is 1. The molecule has 0 spiro atoms. The minimum atomic E-state index is -0.564. The maximum Gasteiger partial charge on any atom is 0.160 e. The molecule has 0 radical (unpaired) electrons. The minimum absolute atomic E-state index is 0.119. The van der Waals surface area contributed by atoms with Crippen molar-refractivity contribution >= 4 is 15.9 Å². The Bertz CT molecular complexity index is 459. The largest absolute Gasteiger partial charge is 0.504 e.